The number of aromatic nitrogens is 1. The number of alkyl halides is 3. The van der Waals surface area contributed by atoms with Crippen LogP contribution in [0.5, 0.6) is 0 Å². The Bertz CT molecular complexity index is 632. The first kappa shape index (κ1) is 15.6. The smallest absolute Gasteiger partial charge is 0.370 e. The van der Waals surface area contributed by atoms with Gasteiger partial charge in [0.2, 0.25) is 0 Å². The first-order valence-electron chi connectivity index (χ1n) is 7.22. The van der Waals surface area contributed by atoms with Crippen molar-refractivity contribution in [2.24, 2.45) is 5.92 Å². The molecular formula is C14H15F3N4O2. The predicted molar refractivity (Wildman–Crippen MR) is 74.5 cm³/mol. The first-order valence-corrected chi connectivity index (χ1v) is 7.22. The molecule has 3 N–H and O–H groups in total. The minimum atomic E-state index is -4.42. The molecule has 1 aromatic heterocycles. The molecule has 1 aliphatic heterocycles. The zero-order valence-electron chi connectivity index (χ0n) is 12.0. The predicted octanol–water partition coefficient (Wildman–Crippen LogP) is 1.89. The number of imide groups is 1. The van der Waals surface area contributed by atoms with Crippen LogP contribution in [0.1, 0.15) is 24.8 Å². The van der Waals surface area contributed by atoms with Crippen molar-refractivity contribution in [1.29, 1.82) is 0 Å². The molecule has 1 spiro atoms. The molecule has 2 heterocycles. The molecule has 1 saturated heterocycles. The lowest BCUT2D eigenvalue weighted by Gasteiger charge is -2.28. The summed E-state index contributed by atoms with van der Waals surface area (Å²) < 4.78 is 37.5. The maximum atomic E-state index is 12.5. The van der Waals surface area contributed by atoms with Crippen LogP contribution in [0.2, 0.25) is 0 Å². The number of carbonyl (C=O) groups is 2. The molecule has 23 heavy (non-hydrogen) atoms. The van der Waals surface area contributed by atoms with E-state index in [1.165, 1.54) is 6.07 Å². The summed E-state index contributed by atoms with van der Waals surface area (Å²) in [6, 6.07) is 1.69. The van der Waals surface area contributed by atoms with Gasteiger partial charge in [0.15, 0.2) is 0 Å². The van der Waals surface area contributed by atoms with Crippen LogP contribution in [0, 0.1) is 5.92 Å². The fourth-order valence-electron chi connectivity index (χ4n) is 3.22. The third-order valence-electron chi connectivity index (χ3n) is 4.41. The highest BCUT2D eigenvalue weighted by atomic mass is 19.4. The molecule has 1 aromatic rings. The van der Waals surface area contributed by atoms with E-state index in [0.717, 1.165) is 25.1 Å². The summed E-state index contributed by atoms with van der Waals surface area (Å²) in [6.07, 6.45) is -1.58. The van der Waals surface area contributed by atoms with E-state index in [1.807, 2.05) is 0 Å². The number of nitrogens with one attached hydrogen (secondary N) is 3. The zero-order valence-corrected chi connectivity index (χ0v) is 12.0. The molecule has 1 saturated carbocycles. The number of amides is 3. The van der Waals surface area contributed by atoms with Gasteiger partial charge in [-0.1, -0.05) is 6.42 Å². The third-order valence-corrected chi connectivity index (χ3v) is 4.41. The average molecular weight is 328 g/mol. The lowest BCUT2D eigenvalue weighted by molar-refractivity contribution is -0.137. The summed E-state index contributed by atoms with van der Waals surface area (Å²) in [7, 11) is 0. The summed E-state index contributed by atoms with van der Waals surface area (Å²) in [5.41, 5.74) is -1.74. The molecule has 0 unspecified atom stereocenters. The van der Waals surface area contributed by atoms with Gasteiger partial charge in [0.1, 0.15) is 11.4 Å². The van der Waals surface area contributed by atoms with Gasteiger partial charge in [-0.2, -0.15) is 13.2 Å². The monoisotopic (exact) mass is 328 g/mol. The summed E-state index contributed by atoms with van der Waals surface area (Å²) in [5.74, 6) is -0.185. The number of pyridine rings is 1. The SMILES string of the molecule is O=C1NC(=O)[C@@]2(CCC[C@@H]2CNc2ccc(C(F)(F)F)cn2)N1. The van der Waals surface area contributed by atoms with E-state index in [1.54, 1.807) is 0 Å². The molecule has 1 aliphatic carbocycles. The van der Waals surface area contributed by atoms with Crippen molar-refractivity contribution >= 4 is 17.8 Å². The van der Waals surface area contributed by atoms with Crippen molar-refractivity contribution in [3.8, 4) is 0 Å². The molecule has 3 amide bonds. The fourth-order valence-corrected chi connectivity index (χ4v) is 3.22. The number of urea groups is 1. The van der Waals surface area contributed by atoms with Gasteiger partial charge in [-0.3, -0.25) is 10.1 Å². The molecule has 2 atom stereocenters. The van der Waals surface area contributed by atoms with Crippen LogP contribution in [0.4, 0.5) is 23.8 Å². The number of hydrogen-bond acceptors (Lipinski definition) is 4. The van der Waals surface area contributed by atoms with Gasteiger partial charge in [0.05, 0.1) is 5.56 Å². The molecule has 2 fully saturated rings. The van der Waals surface area contributed by atoms with E-state index in [2.05, 4.69) is 20.9 Å². The molecule has 3 rings (SSSR count). The summed E-state index contributed by atoms with van der Waals surface area (Å²) in [4.78, 5) is 27.1. The fraction of sp³-hybridized carbons (Fsp3) is 0.500. The summed E-state index contributed by atoms with van der Waals surface area (Å²) in [6.45, 7) is 0.339. The number of hydrogen-bond donors (Lipinski definition) is 3. The van der Waals surface area contributed by atoms with E-state index in [4.69, 9.17) is 0 Å². The highest BCUT2D eigenvalue weighted by molar-refractivity contribution is 6.07. The molecule has 2 aliphatic rings. The molecular weight excluding hydrogens is 313 g/mol. The normalized spacial score (nSPS) is 27.2. The van der Waals surface area contributed by atoms with Crippen LogP contribution < -0.4 is 16.0 Å². The minimum absolute atomic E-state index is 0.141. The maximum Gasteiger partial charge on any atom is 0.417 e. The van der Waals surface area contributed by atoms with Crippen LogP contribution >= 0.6 is 0 Å². The molecule has 0 radical (unpaired) electrons. The van der Waals surface area contributed by atoms with Gasteiger partial charge < -0.3 is 10.6 Å². The van der Waals surface area contributed by atoms with Crippen molar-refractivity contribution in [2.45, 2.75) is 31.0 Å². The Morgan fingerprint density at radius 1 is 1.35 bits per heavy atom. The highest BCUT2D eigenvalue weighted by Gasteiger charge is 2.54. The quantitative estimate of drug-likeness (QED) is 0.740. The highest BCUT2D eigenvalue weighted by Crippen LogP contribution is 2.38. The van der Waals surface area contributed by atoms with Gasteiger partial charge in [-0.15, -0.1) is 0 Å². The molecule has 0 aromatic carbocycles. The molecule has 124 valence electrons. The number of rotatable bonds is 3. The largest absolute Gasteiger partial charge is 0.417 e. The topological polar surface area (TPSA) is 83.1 Å². The van der Waals surface area contributed by atoms with Crippen LogP contribution in [0.3, 0.4) is 0 Å². The van der Waals surface area contributed by atoms with Gasteiger partial charge in [0, 0.05) is 18.7 Å². The lowest BCUT2D eigenvalue weighted by atomic mass is 9.87. The van der Waals surface area contributed by atoms with E-state index < -0.39 is 23.3 Å². The van der Waals surface area contributed by atoms with Gasteiger partial charge in [0.25, 0.3) is 5.91 Å². The lowest BCUT2D eigenvalue weighted by Crippen LogP contribution is -2.51. The van der Waals surface area contributed by atoms with Crippen LogP contribution in [-0.2, 0) is 11.0 Å². The van der Waals surface area contributed by atoms with Gasteiger partial charge in [-0.05, 0) is 25.0 Å². The van der Waals surface area contributed by atoms with E-state index in [-0.39, 0.29) is 11.8 Å². The van der Waals surface area contributed by atoms with Crippen molar-refractivity contribution in [1.82, 2.24) is 15.6 Å². The van der Waals surface area contributed by atoms with E-state index >= 15 is 0 Å². The van der Waals surface area contributed by atoms with Gasteiger partial charge >= 0.3 is 12.2 Å². The zero-order chi connectivity index (χ0) is 16.7. The van der Waals surface area contributed by atoms with Gasteiger partial charge in [-0.25, -0.2) is 9.78 Å². The molecule has 6 nitrogen and oxygen atoms in total. The second-order valence-corrected chi connectivity index (χ2v) is 5.78. The minimum Gasteiger partial charge on any atom is -0.370 e. The first-order chi connectivity index (χ1) is 10.8. The Hall–Kier alpha value is -2.32. The van der Waals surface area contributed by atoms with E-state index in [0.29, 0.717) is 18.8 Å². The average Bonchev–Trinajstić information content (AvgIpc) is 3.00. The van der Waals surface area contributed by atoms with Crippen molar-refractivity contribution in [3.63, 3.8) is 0 Å². The standard InChI is InChI=1S/C14H15F3N4O2/c15-14(16,17)9-3-4-10(19-7-9)18-6-8-2-1-5-13(8)11(22)20-12(23)21-13/h3-4,7-8H,1-2,5-6H2,(H,18,19)(H2,20,21,22,23)/t8-,13+/m1/s1. The summed E-state index contributed by atoms with van der Waals surface area (Å²) >= 11 is 0. The maximum absolute atomic E-state index is 12.5. The van der Waals surface area contributed by atoms with Crippen LogP contribution in [0.25, 0.3) is 0 Å². The van der Waals surface area contributed by atoms with Crippen molar-refractivity contribution in [2.75, 3.05) is 11.9 Å². The Morgan fingerprint density at radius 3 is 2.70 bits per heavy atom. The van der Waals surface area contributed by atoms with Crippen molar-refractivity contribution < 1.29 is 22.8 Å². The number of nitrogens with zero attached hydrogens (tertiary/aromatic N) is 1. The Labute approximate surface area is 129 Å². The number of carbonyl (C=O) groups excluding carboxylic acids is 2. The second-order valence-electron chi connectivity index (χ2n) is 5.78. The molecule has 9 heteroatoms. The Morgan fingerprint density at radius 2 is 2.13 bits per heavy atom. The number of anilines is 1. The Balaban J connectivity index is 1.66. The Kier molecular flexibility index (Phi) is 3.65. The number of halogens is 3. The van der Waals surface area contributed by atoms with Crippen LogP contribution in [-0.4, -0.2) is 29.0 Å². The third kappa shape index (κ3) is 2.82. The van der Waals surface area contributed by atoms with Crippen LogP contribution in [0.15, 0.2) is 18.3 Å². The molecule has 0 bridgehead atoms. The summed E-state index contributed by atoms with van der Waals surface area (Å²) in [5, 5.41) is 7.87. The van der Waals surface area contributed by atoms with Crippen molar-refractivity contribution in [3.05, 3.63) is 23.9 Å². The van der Waals surface area contributed by atoms with E-state index in [9.17, 15) is 22.8 Å². The second kappa shape index (κ2) is 5.39.